The quantitative estimate of drug-likeness (QED) is 0.600. The number of methoxy groups -OCH3 is 2. The molecule has 0 radical (unpaired) electrons. The molecule has 0 spiro atoms. The molecule has 172 valence electrons. The molecule has 9 heteroatoms. The molecule has 0 saturated carbocycles. The summed E-state index contributed by atoms with van der Waals surface area (Å²) in [6, 6.07) is 12.8. The van der Waals surface area contributed by atoms with Crippen LogP contribution in [0, 0.1) is 5.92 Å². The average molecular weight is 450 g/mol. The smallest absolute Gasteiger partial charge is 0.356 e. The lowest BCUT2D eigenvalue weighted by Gasteiger charge is -2.31. The fourth-order valence-corrected chi connectivity index (χ4v) is 4.20. The first-order chi connectivity index (χ1) is 15.9. The van der Waals surface area contributed by atoms with Crippen molar-refractivity contribution in [3.8, 4) is 5.75 Å². The minimum absolute atomic E-state index is 0.0554. The van der Waals surface area contributed by atoms with Gasteiger partial charge in [0.2, 0.25) is 5.91 Å². The Hall–Kier alpha value is -3.88. The van der Waals surface area contributed by atoms with Crippen LogP contribution >= 0.6 is 0 Å². The second kappa shape index (κ2) is 9.32. The van der Waals surface area contributed by atoms with E-state index in [2.05, 4.69) is 10.4 Å². The van der Waals surface area contributed by atoms with E-state index in [0.717, 1.165) is 16.5 Å². The normalized spacial score (nSPS) is 14.2. The molecule has 1 aliphatic heterocycles. The average Bonchev–Trinajstić information content (AvgIpc) is 3.22. The van der Waals surface area contributed by atoms with Gasteiger partial charge in [0.25, 0.3) is 5.91 Å². The molecule has 3 aromatic rings. The molecule has 1 aromatic heterocycles. The molecule has 2 aromatic carbocycles. The SMILES string of the molecule is COC(=O)c1cc(NC(=O)C2CCN(C(=O)c3ccc(OC)c4ccccc34)CC2)nn1C. The molecule has 0 atom stereocenters. The van der Waals surface area contributed by atoms with Gasteiger partial charge in [0.05, 0.1) is 14.2 Å². The predicted octanol–water partition coefficient (Wildman–Crippen LogP) is 2.86. The van der Waals surface area contributed by atoms with E-state index in [0.29, 0.717) is 37.3 Å². The number of hydrogen-bond donors (Lipinski definition) is 1. The monoisotopic (exact) mass is 450 g/mol. The topological polar surface area (TPSA) is 103 Å². The molecular weight excluding hydrogens is 424 g/mol. The van der Waals surface area contributed by atoms with Crippen molar-refractivity contribution in [3.05, 3.63) is 53.7 Å². The maximum absolute atomic E-state index is 13.2. The molecule has 0 aliphatic carbocycles. The molecule has 1 fully saturated rings. The van der Waals surface area contributed by atoms with Gasteiger partial charge in [-0.05, 0) is 30.4 Å². The first-order valence-electron chi connectivity index (χ1n) is 10.7. The van der Waals surface area contributed by atoms with Gasteiger partial charge in [0.15, 0.2) is 5.82 Å². The van der Waals surface area contributed by atoms with E-state index in [-0.39, 0.29) is 23.4 Å². The van der Waals surface area contributed by atoms with Crippen molar-refractivity contribution in [2.24, 2.45) is 13.0 Å². The predicted molar refractivity (Wildman–Crippen MR) is 122 cm³/mol. The Morgan fingerprint density at radius 2 is 1.73 bits per heavy atom. The number of aromatic nitrogens is 2. The van der Waals surface area contributed by atoms with Gasteiger partial charge in [-0.15, -0.1) is 0 Å². The minimum atomic E-state index is -0.525. The summed E-state index contributed by atoms with van der Waals surface area (Å²) in [6.07, 6.45) is 1.09. The van der Waals surface area contributed by atoms with Crippen LogP contribution in [0.4, 0.5) is 5.82 Å². The number of piperidine rings is 1. The van der Waals surface area contributed by atoms with Crippen LogP contribution in [0.5, 0.6) is 5.75 Å². The molecule has 0 bridgehead atoms. The number of esters is 1. The fraction of sp³-hybridized carbons (Fsp3) is 0.333. The minimum Gasteiger partial charge on any atom is -0.496 e. The summed E-state index contributed by atoms with van der Waals surface area (Å²) in [5.74, 6) is 0.0220. The number of ether oxygens (including phenoxy) is 2. The number of nitrogens with one attached hydrogen (secondary N) is 1. The van der Waals surface area contributed by atoms with E-state index in [1.807, 2.05) is 30.3 Å². The Bertz CT molecular complexity index is 1210. The van der Waals surface area contributed by atoms with Crippen molar-refractivity contribution in [2.45, 2.75) is 12.8 Å². The largest absolute Gasteiger partial charge is 0.496 e. The number of rotatable bonds is 5. The molecule has 0 unspecified atom stereocenters. The van der Waals surface area contributed by atoms with Gasteiger partial charge in [-0.25, -0.2) is 4.79 Å². The summed E-state index contributed by atoms with van der Waals surface area (Å²) in [7, 11) is 4.51. The highest BCUT2D eigenvalue weighted by molar-refractivity contribution is 6.08. The number of aryl methyl sites for hydroxylation is 1. The summed E-state index contributed by atoms with van der Waals surface area (Å²) in [5.41, 5.74) is 0.873. The van der Waals surface area contributed by atoms with Crippen molar-refractivity contribution in [1.29, 1.82) is 0 Å². The van der Waals surface area contributed by atoms with Gasteiger partial charge in [-0.3, -0.25) is 14.3 Å². The summed E-state index contributed by atoms with van der Waals surface area (Å²) in [6.45, 7) is 0.958. The Kier molecular flexibility index (Phi) is 6.30. The Labute approximate surface area is 191 Å². The van der Waals surface area contributed by atoms with Crippen LogP contribution < -0.4 is 10.1 Å². The van der Waals surface area contributed by atoms with Crippen LogP contribution in [0.2, 0.25) is 0 Å². The summed E-state index contributed by atoms with van der Waals surface area (Å²) in [4.78, 5) is 39.5. The van der Waals surface area contributed by atoms with Crippen LogP contribution in [0.15, 0.2) is 42.5 Å². The number of amides is 2. The molecule has 1 saturated heterocycles. The first kappa shape index (κ1) is 22.3. The van der Waals surface area contributed by atoms with Crippen LogP contribution in [0.25, 0.3) is 10.8 Å². The molecule has 33 heavy (non-hydrogen) atoms. The highest BCUT2D eigenvalue weighted by Crippen LogP contribution is 2.30. The van der Waals surface area contributed by atoms with Gasteiger partial charge in [0.1, 0.15) is 11.4 Å². The summed E-state index contributed by atoms with van der Waals surface area (Å²) >= 11 is 0. The molecule has 2 heterocycles. The Morgan fingerprint density at radius 3 is 2.39 bits per heavy atom. The third-order valence-corrected chi connectivity index (χ3v) is 6.01. The number of benzene rings is 2. The third kappa shape index (κ3) is 4.39. The number of fused-ring (bicyclic) bond motifs is 1. The lowest BCUT2D eigenvalue weighted by Crippen LogP contribution is -2.41. The van der Waals surface area contributed by atoms with Crippen molar-refractivity contribution >= 4 is 34.4 Å². The number of hydrogen-bond acceptors (Lipinski definition) is 6. The zero-order chi connectivity index (χ0) is 23.5. The number of nitrogens with zero attached hydrogens (tertiary/aromatic N) is 3. The highest BCUT2D eigenvalue weighted by atomic mass is 16.5. The summed E-state index contributed by atoms with van der Waals surface area (Å²) in [5, 5.41) is 8.65. The molecule has 9 nitrogen and oxygen atoms in total. The third-order valence-electron chi connectivity index (χ3n) is 6.01. The molecule has 2 amide bonds. The van der Waals surface area contributed by atoms with Gasteiger partial charge < -0.3 is 19.7 Å². The van der Waals surface area contributed by atoms with E-state index in [4.69, 9.17) is 9.47 Å². The van der Waals surface area contributed by atoms with Crippen LogP contribution in [-0.4, -0.2) is 59.8 Å². The van der Waals surface area contributed by atoms with Crippen molar-refractivity contribution in [1.82, 2.24) is 14.7 Å². The second-order valence-corrected chi connectivity index (χ2v) is 7.95. The summed E-state index contributed by atoms with van der Waals surface area (Å²) < 4.78 is 11.5. The van der Waals surface area contributed by atoms with Gasteiger partial charge in [-0.2, -0.15) is 5.10 Å². The zero-order valence-electron chi connectivity index (χ0n) is 18.8. The molecular formula is C24H26N4O5. The number of likely N-dealkylation sites (tertiary alicyclic amines) is 1. The van der Waals surface area contributed by atoms with Crippen molar-refractivity contribution < 1.29 is 23.9 Å². The van der Waals surface area contributed by atoms with E-state index in [1.54, 1.807) is 25.1 Å². The van der Waals surface area contributed by atoms with E-state index in [1.165, 1.54) is 17.9 Å². The van der Waals surface area contributed by atoms with E-state index in [9.17, 15) is 14.4 Å². The van der Waals surface area contributed by atoms with Crippen molar-refractivity contribution in [3.63, 3.8) is 0 Å². The number of anilines is 1. The van der Waals surface area contributed by atoms with Gasteiger partial charge >= 0.3 is 5.97 Å². The van der Waals surface area contributed by atoms with Crippen LogP contribution in [0.1, 0.15) is 33.7 Å². The molecule has 4 rings (SSSR count). The first-order valence-corrected chi connectivity index (χ1v) is 10.7. The molecule has 1 N–H and O–H groups in total. The maximum atomic E-state index is 13.2. The van der Waals surface area contributed by atoms with Crippen LogP contribution in [-0.2, 0) is 16.6 Å². The molecule has 1 aliphatic rings. The number of carbonyl (C=O) groups is 3. The van der Waals surface area contributed by atoms with E-state index < -0.39 is 5.97 Å². The van der Waals surface area contributed by atoms with Crippen LogP contribution in [0.3, 0.4) is 0 Å². The van der Waals surface area contributed by atoms with Crippen molar-refractivity contribution in [2.75, 3.05) is 32.6 Å². The second-order valence-electron chi connectivity index (χ2n) is 7.95. The maximum Gasteiger partial charge on any atom is 0.356 e. The van der Waals surface area contributed by atoms with E-state index >= 15 is 0 Å². The lowest BCUT2D eigenvalue weighted by molar-refractivity contribution is -0.121. The standard InChI is InChI=1S/C24H26N4O5/c1-27-19(24(31)33-3)14-21(26-27)25-22(29)15-10-12-28(13-11-15)23(30)18-8-9-20(32-2)17-7-5-4-6-16(17)18/h4-9,14-15H,10-13H2,1-3H3,(H,25,26,29). The van der Waals surface area contributed by atoms with Gasteiger partial charge in [0, 0.05) is 43.1 Å². The lowest BCUT2D eigenvalue weighted by atomic mass is 9.94. The zero-order valence-corrected chi connectivity index (χ0v) is 18.8. The van der Waals surface area contributed by atoms with Gasteiger partial charge in [-0.1, -0.05) is 24.3 Å². The fourth-order valence-electron chi connectivity index (χ4n) is 4.20. The Morgan fingerprint density at radius 1 is 1.03 bits per heavy atom. The Balaban J connectivity index is 1.41. The highest BCUT2D eigenvalue weighted by Gasteiger charge is 2.29. The number of carbonyl (C=O) groups excluding carboxylic acids is 3.